The molecule has 1 aliphatic heterocycles. The molecule has 17 heavy (non-hydrogen) atoms. The predicted octanol–water partition coefficient (Wildman–Crippen LogP) is 1.40. The molecule has 0 aliphatic carbocycles. The first-order valence-corrected chi connectivity index (χ1v) is 6.27. The Morgan fingerprint density at radius 3 is 2.29 bits per heavy atom. The van der Waals surface area contributed by atoms with E-state index in [4.69, 9.17) is 0 Å². The van der Waals surface area contributed by atoms with Gasteiger partial charge in [0.2, 0.25) is 11.8 Å². The van der Waals surface area contributed by atoms with E-state index < -0.39 is 6.04 Å². The smallest absolute Gasteiger partial charge is 0.246 e. The monoisotopic (exact) mass is 240 g/mol. The van der Waals surface area contributed by atoms with Crippen LogP contribution in [0.2, 0.25) is 0 Å². The third kappa shape index (κ3) is 2.61. The molecule has 0 saturated carbocycles. The molecular formula is C13H24N2O2. The van der Waals surface area contributed by atoms with Crippen molar-refractivity contribution < 1.29 is 9.59 Å². The van der Waals surface area contributed by atoms with Gasteiger partial charge in [0, 0.05) is 7.05 Å². The van der Waals surface area contributed by atoms with Crippen molar-refractivity contribution in [2.45, 2.75) is 53.1 Å². The minimum Gasteiger partial charge on any atom is -0.342 e. The van der Waals surface area contributed by atoms with Gasteiger partial charge in [-0.3, -0.25) is 9.59 Å². The van der Waals surface area contributed by atoms with Gasteiger partial charge >= 0.3 is 0 Å². The van der Waals surface area contributed by atoms with Crippen molar-refractivity contribution in [2.24, 2.45) is 11.3 Å². The topological polar surface area (TPSA) is 49.4 Å². The second kappa shape index (κ2) is 4.67. The van der Waals surface area contributed by atoms with Crippen LogP contribution >= 0.6 is 0 Å². The lowest BCUT2D eigenvalue weighted by molar-refractivity contribution is -0.152. The highest BCUT2D eigenvalue weighted by atomic mass is 16.2. The van der Waals surface area contributed by atoms with Crippen molar-refractivity contribution >= 4 is 11.8 Å². The summed E-state index contributed by atoms with van der Waals surface area (Å²) in [6.45, 7) is 9.94. The number of carbonyl (C=O) groups excluding carboxylic acids is 2. The number of piperazine rings is 1. The molecule has 3 unspecified atom stereocenters. The van der Waals surface area contributed by atoms with Crippen molar-refractivity contribution in [1.82, 2.24) is 10.2 Å². The van der Waals surface area contributed by atoms with Crippen LogP contribution in [0.1, 0.15) is 41.0 Å². The van der Waals surface area contributed by atoms with Gasteiger partial charge in [-0.05, 0) is 11.3 Å². The number of amides is 2. The van der Waals surface area contributed by atoms with E-state index in [9.17, 15) is 9.59 Å². The maximum atomic E-state index is 12.3. The van der Waals surface area contributed by atoms with Crippen LogP contribution in [0.15, 0.2) is 0 Å². The summed E-state index contributed by atoms with van der Waals surface area (Å²) >= 11 is 0. The van der Waals surface area contributed by atoms with E-state index in [0.717, 1.165) is 6.42 Å². The second-order valence-corrected chi connectivity index (χ2v) is 6.09. The fourth-order valence-corrected chi connectivity index (χ4v) is 2.26. The predicted molar refractivity (Wildman–Crippen MR) is 67.4 cm³/mol. The van der Waals surface area contributed by atoms with E-state index in [1.807, 2.05) is 34.6 Å². The molecule has 1 heterocycles. The highest BCUT2D eigenvalue weighted by molar-refractivity contribution is 5.97. The summed E-state index contributed by atoms with van der Waals surface area (Å²) < 4.78 is 0. The third-order valence-electron chi connectivity index (χ3n) is 3.62. The standard InChI is InChI=1S/C13H24N2O2/c1-7-8(2)9-11(16)14-10(13(3,4)5)12(17)15(9)6/h8-10H,7H2,1-6H3,(H,14,16). The van der Waals surface area contributed by atoms with Crippen LogP contribution in [0.4, 0.5) is 0 Å². The minimum absolute atomic E-state index is 0.0161. The zero-order valence-corrected chi connectivity index (χ0v) is 11.7. The van der Waals surface area contributed by atoms with Crippen molar-refractivity contribution in [1.29, 1.82) is 0 Å². The molecule has 1 fully saturated rings. The van der Waals surface area contributed by atoms with E-state index in [1.165, 1.54) is 0 Å². The lowest BCUT2D eigenvalue weighted by Crippen LogP contribution is -2.66. The Labute approximate surface area is 104 Å². The molecular weight excluding hydrogens is 216 g/mol. The zero-order chi connectivity index (χ0) is 13.4. The highest BCUT2D eigenvalue weighted by Crippen LogP contribution is 2.27. The maximum Gasteiger partial charge on any atom is 0.246 e. The van der Waals surface area contributed by atoms with E-state index in [2.05, 4.69) is 5.32 Å². The SMILES string of the molecule is CCC(C)C1C(=O)NC(C(C)(C)C)C(=O)N1C. The van der Waals surface area contributed by atoms with E-state index in [-0.39, 0.29) is 29.2 Å². The molecule has 1 N–H and O–H groups in total. The van der Waals surface area contributed by atoms with Crippen molar-refractivity contribution in [3.63, 3.8) is 0 Å². The minimum atomic E-state index is -0.416. The number of nitrogens with one attached hydrogen (secondary N) is 1. The molecule has 0 aromatic rings. The molecule has 1 aliphatic rings. The molecule has 0 aromatic carbocycles. The number of likely N-dealkylation sites (N-methyl/N-ethyl adjacent to an activating group) is 1. The van der Waals surface area contributed by atoms with Crippen LogP contribution in [-0.2, 0) is 9.59 Å². The maximum absolute atomic E-state index is 12.3. The number of hydrogen-bond donors (Lipinski definition) is 1. The van der Waals surface area contributed by atoms with Gasteiger partial charge in [0.25, 0.3) is 0 Å². The Balaban J connectivity index is 2.96. The van der Waals surface area contributed by atoms with Crippen molar-refractivity contribution in [3.05, 3.63) is 0 Å². The summed E-state index contributed by atoms with van der Waals surface area (Å²) in [7, 11) is 1.73. The van der Waals surface area contributed by atoms with Crippen LogP contribution in [0.5, 0.6) is 0 Å². The molecule has 0 spiro atoms. The molecule has 4 heteroatoms. The Kier molecular flexibility index (Phi) is 3.84. The summed E-state index contributed by atoms with van der Waals surface area (Å²) in [5.74, 6) is 0.175. The van der Waals surface area contributed by atoms with Crippen LogP contribution in [-0.4, -0.2) is 35.8 Å². The van der Waals surface area contributed by atoms with Gasteiger partial charge < -0.3 is 10.2 Å². The molecule has 1 rings (SSSR count). The number of hydrogen-bond acceptors (Lipinski definition) is 2. The van der Waals surface area contributed by atoms with Gasteiger partial charge in [0.15, 0.2) is 0 Å². The first-order chi connectivity index (χ1) is 7.70. The number of carbonyl (C=O) groups is 2. The van der Waals surface area contributed by atoms with E-state index >= 15 is 0 Å². The van der Waals surface area contributed by atoms with Crippen LogP contribution < -0.4 is 5.32 Å². The molecule has 3 atom stereocenters. The Morgan fingerprint density at radius 1 is 1.35 bits per heavy atom. The lowest BCUT2D eigenvalue weighted by Gasteiger charge is -2.43. The molecule has 98 valence electrons. The zero-order valence-electron chi connectivity index (χ0n) is 11.7. The average molecular weight is 240 g/mol. The summed E-state index contributed by atoms with van der Waals surface area (Å²) in [4.78, 5) is 26.0. The first kappa shape index (κ1) is 14.0. The molecule has 0 aromatic heterocycles. The van der Waals surface area contributed by atoms with Gasteiger partial charge in [-0.15, -0.1) is 0 Å². The summed E-state index contributed by atoms with van der Waals surface area (Å²) in [5.41, 5.74) is -0.249. The fraction of sp³-hybridized carbons (Fsp3) is 0.846. The van der Waals surface area contributed by atoms with E-state index in [0.29, 0.717) is 0 Å². The second-order valence-electron chi connectivity index (χ2n) is 6.09. The molecule has 1 saturated heterocycles. The third-order valence-corrected chi connectivity index (χ3v) is 3.62. The van der Waals surface area contributed by atoms with Crippen molar-refractivity contribution in [3.8, 4) is 0 Å². The van der Waals surface area contributed by atoms with Gasteiger partial charge in [-0.25, -0.2) is 0 Å². The van der Waals surface area contributed by atoms with E-state index in [1.54, 1.807) is 11.9 Å². The van der Waals surface area contributed by atoms with Crippen molar-refractivity contribution in [2.75, 3.05) is 7.05 Å². The first-order valence-electron chi connectivity index (χ1n) is 6.27. The molecule has 2 amide bonds. The van der Waals surface area contributed by atoms with Gasteiger partial charge in [-0.2, -0.15) is 0 Å². The van der Waals surface area contributed by atoms with Gasteiger partial charge in [0.05, 0.1) is 0 Å². The Hall–Kier alpha value is -1.06. The lowest BCUT2D eigenvalue weighted by atomic mass is 9.82. The van der Waals surface area contributed by atoms with Crippen LogP contribution in [0.3, 0.4) is 0 Å². The Morgan fingerprint density at radius 2 is 1.88 bits per heavy atom. The van der Waals surface area contributed by atoms with Gasteiger partial charge in [-0.1, -0.05) is 41.0 Å². The fourth-order valence-electron chi connectivity index (χ4n) is 2.26. The average Bonchev–Trinajstić information content (AvgIpc) is 2.21. The summed E-state index contributed by atoms with van der Waals surface area (Å²) in [6, 6.07) is -0.744. The number of nitrogens with zero attached hydrogens (tertiary/aromatic N) is 1. The Bertz CT molecular complexity index is 320. The van der Waals surface area contributed by atoms with Crippen LogP contribution in [0.25, 0.3) is 0 Å². The number of rotatable bonds is 2. The highest BCUT2D eigenvalue weighted by Gasteiger charge is 2.44. The quantitative estimate of drug-likeness (QED) is 0.793. The molecule has 4 nitrogen and oxygen atoms in total. The summed E-state index contributed by atoms with van der Waals surface area (Å²) in [6.07, 6.45) is 0.885. The summed E-state index contributed by atoms with van der Waals surface area (Å²) in [5, 5.41) is 2.87. The normalized spacial score (nSPS) is 28.0. The van der Waals surface area contributed by atoms with Crippen LogP contribution in [0, 0.1) is 11.3 Å². The molecule has 0 radical (unpaired) electrons. The van der Waals surface area contributed by atoms with Gasteiger partial charge in [0.1, 0.15) is 12.1 Å². The molecule has 0 bridgehead atoms. The largest absolute Gasteiger partial charge is 0.342 e.